The summed E-state index contributed by atoms with van der Waals surface area (Å²) in [6.45, 7) is 0.369. The minimum Gasteiger partial charge on any atom is -0.481 e. The van der Waals surface area contributed by atoms with Crippen LogP contribution in [0.15, 0.2) is 53.5 Å². The number of carbonyl (C=O) groups excluding carboxylic acids is 2. The van der Waals surface area contributed by atoms with Gasteiger partial charge >= 0.3 is 5.97 Å². The van der Waals surface area contributed by atoms with Crippen molar-refractivity contribution in [3.63, 3.8) is 0 Å². The minimum absolute atomic E-state index is 0.0575. The van der Waals surface area contributed by atoms with Crippen molar-refractivity contribution < 1.29 is 19.5 Å². The first kappa shape index (κ1) is 23.4. The molecule has 10 nitrogen and oxygen atoms in total. The molecule has 2 rings (SSSR count). The molecule has 0 aliphatic heterocycles. The van der Waals surface area contributed by atoms with Crippen molar-refractivity contribution in [3.8, 4) is 0 Å². The van der Waals surface area contributed by atoms with Gasteiger partial charge in [0.25, 0.3) is 5.91 Å². The number of rotatable bonds is 10. The maximum Gasteiger partial charge on any atom is 0.303 e. The Balaban J connectivity index is 1.81. The van der Waals surface area contributed by atoms with Crippen molar-refractivity contribution in [2.45, 2.75) is 25.3 Å². The van der Waals surface area contributed by atoms with Crippen molar-refractivity contribution in [2.75, 3.05) is 11.9 Å². The number of anilines is 1. The molecule has 0 spiro atoms. The van der Waals surface area contributed by atoms with E-state index in [4.69, 9.17) is 22.3 Å². The molecule has 164 valence electrons. The summed E-state index contributed by atoms with van der Waals surface area (Å²) in [5.74, 6) is -1.70. The van der Waals surface area contributed by atoms with Gasteiger partial charge in [0, 0.05) is 24.2 Å². The van der Waals surface area contributed by atoms with E-state index >= 15 is 0 Å². The van der Waals surface area contributed by atoms with Crippen LogP contribution in [-0.4, -0.2) is 41.4 Å². The average Bonchev–Trinajstić information content (AvgIpc) is 2.73. The largest absolute Gasteiger partial charge is 0.481 e. The fourth-order valence-electron chi connectivity index (χ4n) is 2.67. The van der Waals surface area contributed by atoms with Crippen LogP contribution in [0.5, 0.6) is 0 Å². The number of carboxylic acids is 1. The van der Waals surface area contributed by atoms with E-state index < -0.39 is 12.0 Å². The quantitative estimate of drug-likeness (QED) is 0.238. The van der Waals surface area contributed by atoms with Gasteiger partial charge in [-0.3, -0.25) is 14.4 Å². The van der Waals surface area contributed by atoms with E-state index in [9.17, 15) is 14.4 Å². The second-order valence-electron chi connectivity index (χ2n) is 6.81. The van der Waals surface area contributed by atoms with Crippen LogP contribution in [0.25, 0.3) is 0 Å². The highest BCUT2D eigenvalue weighted by molar-refractivity contribution is 6.04. The van der Waals surface area contributed by atoms with Crippen LogP contribution in [0.2, 0.25) is 0 Å². The Morgan fingerprint density at radius 2 is 1.65 bits per heavy atom. The molecule has 0 bridgehead atoms. The molecule has 0 aliphatic rings. The van der Waals surface area contributed by atoms with Crippen LogP contribution in [-0.2, 0) is 16.0 Å². The highest BCUT2D eigenvalue weighted by Crippen LogP contribution is 2.15. The Kier molecular flexibility index (Phi) is 8.52. The van der Waals surface area contributed by atoms with E-state index in [0.29, 0.717) is 29.9 Å². The first-order valence-electron chi connectivity index (χ1n) is 9.59. The molecule has 0 aliphatic carbocycles. The molecule has 1 atom stereocenters. The predicted molar refractivity (Wildman–Crippen MR) is 118 cm³/mol. The first-order valence-corrected chi connectivity index (χ1v) is 9.59. The average molecular weight is 426 g/mol. The van der Waals surface area contributed by atoms with Gasteiger partial charge in [0.1, 0.15) is 0 Å². The van der Waals surface area contributed by atoms with Gasteiger partial charge in [-0.15, -0.1) is 0 Å². The molecule has 0 heterocycles. The smallest absolute Gasteiger partial charge is 0.303 e. The summed E-state index contributed by atoms with van der Waals surface area (Å²) in [4.78, 5) is 38.6. The number of carbonyl (C=O) groups is 3. The van der Waals surface area contributed by atoms with E-state index in [1.807, 2.05) is 12.1 Å². The van der Waals surface area contributed by atoms with Crippen molar-refractivity contribution >= 4 is 35.1 Å². The van der Waals surface area contributed by atoms with Crippen molar-refractivity contribution in [1.82, 2.24) is 5.32 Å². The zero-order valence-corrected chi connectivity index (χ0v) is 16.9. The topological polar surface area (TPSA) is 186 Å². The Morgan fingerprint density at radius 1 is 1.00 bits per heavy atom. The second-order valence-corrected chi connectivity index (χ2v) is 6.81. The van der Waals surface area contributed by atoms with Crippen LogP contribution in [0.3, 0.4) is 0 Å². The summed E-state index contributed by atoms with van der Waals surface area (Å²) >= 11 is 0. The Labute approximate surface area is 179 Å². The van der Waals surface area contributed by atoms with Crippen molar-refractivity contribution in [1.29, 1.82) is 0 Å². The second kappa shape index (κ2) is 11.3. The molecule has 31 heavy (non-hydrogen) atoms. The highest BCUT2D eigenvalue weighted by Gasteiger charge is 2.14. The molecule has 0 radical (unpaired) electrons. The number of nitrogens with zero attached hydrogens (tertiary/aromatic N) is 1. The SMILES string of the molecule is NC(N)=Nc1ccc(C(=O)Nc2ccc(CCNC(=O)[C@@H](N)CCC(=O)O)cc2)cc1. The minimum atomic E-state index is -0.988. The lowest BCUT2D eigenvalue weighted by atomic mass is 10.1. The molecular formula is C21H26N6O4. The maximum absolute atomic E-state index is 12.3. The van der Waals surface area contributed by atoms with Gasteiger partial charge in [0.15, 0.2) is 5.96 Å². The summed E-state index contributed by atoms with van der Waals surface area (Å²) in [7, 11) is 0. The third kappa shape index (κ3) is 8.15. The van der Waals surface area contributed by atoms with E-state index in [1.165, 1.54) is 0 Å². The molecule has 10 heteroatoms. The van der Waals surface area contributed by atoms with Gasteiger partial charge in [-0.2, -0.15) is 0 Å². The number of hydrogen-bond donors (Lipinski definition) is 6. The standard InChI is InChI=1S/C21H26N6O4/c22-17(9-10-18(28)29)20(31)25-12-11-13-1-5-15(6-2-13)26-19(30)14-3-7-16(8-4-14)27-21(23)24/h1-8,17H,9-12,22H2,(H,25,31)(H,26,30)(H,28,29)(H4,23,24,27)/t17-/m0/s1. The maximum atomic E-state index is 12.3. The Hall–Kier alpha value is -3.92. The lowest BCUT2D eigenvalue weighted by Gasteiger charge is -2.11. The number of benzene rings is 2. The molecule has 2 aromatic rings. The lowest BCUT2D eigenvalue weighted by Crippen LogP contribution is -2.41. The molecule has 0 saturated heterocycles. The number of nitrogens with one attached hydrogen (secondary N) is 2. The van der Waals surface area contributed by atoms with E-state index in [2.05, 4.69) is 15.6 Å². The van der Waals surface area contributed by atoms with Crippen molar-refractivity contribution in [2.24, 2.45) is 22.2 Å². The lowest BCUT2D eigenvalue weighted by molar-refractivity contribution is -0.137. The molecule has 0 saturated carbocycles. The number of hydrogen-bond acceptors (Lipinski definition) is 5. The van der Waals surface area contributed by atoms with Crippen LogP contribution in [0.4, 0.5) is 11.4 Å². The summed E-state index contributed by atoms with van der Waals surface area (Å²) < 4.78 is 0. The van der Waals surface area contributed by atoms with E-state index in [-0.39, 0.29) is 30.6 Å². The summed E-state index contributed by atoms with van der Waals surface area (Å²) in [5, 5.41) is 14.1. The van der Waals surface area contributed by atoms with Crippen molar-refractivity contribution in [3.05, 3.63) is 59.7 Å². The van der Waals surface area contributed by atoms with Gasteiger partial charge in [-0.05, 0) is 54.8 Å². The number of amides is 2. The first-order chi connectivity index (χ1) is 14.7. The number of nitrogens with two attached hydrogens (primary N) is 3. The summed E-state index contributed by atoms with van der Waals surface area (Å²) in [6, 6.07) is 12.9. The van der Waals surface area contributed by atoms with Gasteiger partial charge in [0.05, 0.1) is 11.7 Å². The molecule has 2 aromatic carbocycles. The monoisotopic (exact) mass is 426 g/mol. The third-order valence-corrected chi connectivity index (χ3v) is 4.32. The van der Waals surface area contributed by atoms with Crippen LogP contribution >= 0.6 is 0 Å². The van der Waals surface area contributed by atoms with E-state index in [1.54, 1.807) is 36.4 Å². The Morgan fingerprint density at radius 3 is 2.23 bits per heavy atom. The molecule has 0 fully saturated rings. The van der Waals surface area contributed by atoms with Crippen LogP contribution in [0.1, 0.15) is 28.8 Å². The number of aliphatic imine (C=N–C) groups is 1. The molecule has 2 amide bonds. The number of carboxylic acid groups (broad SMARTS) is 1. The third-order valence-electron chi connectivity index (χ3n) is 4.32. The Bertz CT molecular complexity index is 937. The fourth-order valence-corrected chi connectivity index (χ4v) is 2.67. The zero-order chi connectivity index (χ0) is 22.8. The molecule has 9 N–H and O–H groups in total. The molecular weight excluding hydrogens is 400 g/mol. The number of guanidine groups is 1. The molecule has 0 aromatic heterocycles. The normalized spacial score (nSPS) is 11.3. The van der Waals surface area contributed by atoms with Gasteiger partial charge in [0.2, 0.25) is 5.91 Å². The van der Waals surface area contributed by atoms with Gasteiger partial charge < -0.3 is 32.9 Å². The van der Waals surface area contributed by atoms with Gasteiger partial charge in [-0.1, -0.05) is 12.1 Å². The summed E-state index contributed by atoms with van der Waals surface area (Å²) in [5.41, 5.74) is 18.9. The van der Waals surface area contributed by atoms with Crippen LogP contribution in [0, 0.1) is 0 Å². The summed E-state index contributed by atoms with van der Waals surface area (Å²) in [6.07, 6.45) is 0.507. The van der Waals surface area contributed by atoms with E-state index in [0.717, 1.165) is 5.56 Å². The molecule has 0 unspecified atom stereocenters. The van der Waals surface area contributed by atoms with Gasteiger partial charge in [-0.25, -0.2) is 4.99 Å². The number of aliphatic carboxylic acids is 1. The zero-order valence-electron chi connectivity index (χ0n) is 16.9. The predicted octanol–water partition coefficient (Wildman–Crippen LogP) is 0.695. The fraction of sp³-hybridized carbons (Fsp3) is 0.238. The van der Waals surface area contributed by atoms with Crippen LogP contribution < -0.4 is 27.8 Å². The highest BCUT2D eigenvalue weighted by atomic mass is 16.4.